The third-order valence-electron chi connectivity index (χ3n) is 5.44. The highest BCUT2D eigenvalue weighted by atomic mass is 31.2. The first kappa shape index (κ1) is 23.7. The van der Waals surface area contributed by atoms with Crippen molar-refractivity contribution in [3.05, 3.63) is 71.8 Å². The molecule has 1 unspecified atom stereocenters. The van der Waals surface area contributed by atoms with E-state index in [1.165, 1.54) is 4.90 Å². The molecular formula is C23H27N2O6P. The number of hydrogen-bond donors (Lipinski definition) is 3. The summed E-state index contributed by atoms with van der Waals surface area (Å²) in [5, 5.41) is 12.1. The van der Waals surface area contributed by atoms with E-state index in [0.717, 1.165) is 5.56 Å². The minimum absolute atomic E-state index is 0.258. The molecule has 32 heavy (non-hydrogen) atoms. The number of benzene rings is 2. The van der Waals surface area contributed by atoms with Crippen LogP contribution in [0.25, 0.3) is 0 Å². The van der Waals surface area contributed by atoms with E-state index in [1.54, 1.807) is 30.3 Å². The molecule has 2 aromatic carbocycles. The molecule has 0 spiro atoms. The minimum Gasteiger partial charge on any atom is -0.480 e. The maximum atomic E-state index is 13.0. The van der Waals surface area contributed by atoms with Crippen LogP contribution in [0.4, 0.5) is 0 Å². The van der Waals surface area contributed by atoms with Crippen molar-refractivity contribution in [2.75, 3.05) is 18.9 Å². The lowest BCUT2D eigenvalue weighted by Gasteiger charge is -2.25. The first-order valence-corrected chi connectivity index (χ1v) is 12.5. The van der Waals surface area contributed by atoms with E-state index in [0.29, 0.717) is 24.8 Å². The average Bonchev–Trinajstić information content (AvgIpc) is 3.25. The minimum atomic E-state index is -4.00. The number of carboxylic acids is 1. The van der Waals surface area contributed by atoms with Crippen LogP contribution in [0.2, 0.25) is 0 Å². The Hall–Kier alpha value is -2.96. The zero-order valence-electron chi connectivity index (χ0n) is 17.6. The number of carbonyl (C=O) groups excluding carboxylic acids is 2. The Kier molecular flexibility index (Phi) is 7.83. The number of nitrogens with zero attached hydrogens (tertiary/aromatic N) is 1. The van der Waals surface area contributed by atoms with E-state index in [9.17, 15) is 28.9 Å². The molecule has 0 aromatic heterocycles. The summed E-state index contributed by atoms with van der Waals surface area (Å²) in [6, 6.07) is 16.2. The van der Waals surface area contributed by atoms with E-state index in [1.807, 2.05) is 30.3 Å². The van der Waals surface area contributed by atoms with Gasteiger partial charge in [0, 0.05) is 24.3 Å². The van der Waals surface area contributed by atoms with E-state index in [2.05, 4.69) is 5.32 Å². The molecule has 170 valence electrons. The zero-order chi connectivity index (χ0) is 23.1. The monoisotopic (exact) mass is 458 g/mol. The van der Waals surface area contributed by atoms with Gasteiger partial charge in [0.2, 0.25) is 13.3 Å². The third kappa shape index (κ3) is 6.52. The van der Waals surface area contributed by atoms with Gasteiger partial charge in [0.15, 0.2) is 0 Å². The van der Waals surface area contributed by atoms with E-state index < -0.39 is 37.5 Å². The van der Waals surface area contributed by atoms with Crippen molar-refractivity contribution in [3.63, 3.8) is 0 Å². The van der Waals surface area contributed by atoms with Crippen molar-refractivity contribution in [1.29, 1.82) is 0 Å². The molecular weight excluding hydrogens is 431 g/mol. The molecule has 1 fully saturated rings. The van der Waals surface area contributed by atoms with Gasteiger partial charge in [-0.25, -0.2) is 4.79 Å². The van der Waals surface area contributed by atoms with Crippen molar-refractivity contribution >= 4 is 25.2 Å². The highest BCUT2D eigenvalue weighted by Gasteiger charge is 2.37. The number of carboxylic acid groups (broad SMARTS) is 1. The summed E-state index contributed by atoms with van der Waals surface area (Å²) in [6.45, 7) is 0.258. The van der Waals surface area contributed by atoms with Crippen LogP contribution in [0.1, 0.15) is 28.8 Å². The summed E-state index contributed by atoms with van der Waals surface area (Å²) >= 11 is 0. The number of rotatable bonds is 9. The number of hydrogen-bond acceptors (Lipinski definition) is 4. The molecule has 3 rings (SSSR count). The van der Waals surface area contributed by atoms with Gasteiger partial charge in [-0.3, -0.25) is 14.2 Å². The van der Waals surface area contributed by atoms with Crippen molar-refractivity contribution in [2.45, 2.75) is 31.3 Å². The number of amides is 2. The topological polar surface area (TPSA) is 124 Å². The lowest BCUT2D eigenvalue weighted by Crippen LogP contribution is -2.43. The highest BCUT2D eigenvalue weighted by molar-refractivity contribution is 7.59. The van der Waals surface area contributed by atoms with Crippen LogP contribution in [0.5, 0.6) is 0 Å². The Bertz CT molecular complexity index is 998. The second-order valence-electron chi connectivity index (χ2n) is 8.00. The molecule has 9 heteroatoms. The van der Waals surface area contributed by atoms with Crippen molar-refractivity contribution < 1.29 is 28.9 Å². The summed E-state index contributed by atoms with van der Waals surface area (Å²) < 4.78 is 13.0. The predicted molar refractivity (Wildman–Crippen MR) is 120 cm³/mol. The lowest BCUT2D eigenvalue weighted by molar-refractivity contribution is -0.147. The highest BCUT2D eigenvalue weighted by Crippen LogP contribution is 2.42. The maximum absolute atomic E-state index is 13.0. The standard InChI is InChI=1S/C23H27N2O6P/c26-21(25-13-7-12-20(25)23(28)29)16-32(30,31)15-19(14-17-8-3-1-4-9-17)24-22(27)18-10-5-2-6-11-18/h1-6,8-11,19-20H,7,12-16H2,(H,24,27)(H,28,29)(H,30,31)/t19-,20-/m0/s1. The van der Waals surface area contributed by atoms with Gasteiger partial charge in [-0.1, -0.05) is 48.5 Å². The fraction of sp³-hybridized carbons (Fsp3) is 0.348. The van der Waals surface area contributed by atoms with Crippen molar-refractivity contribution in [3.8, 4) is 0 Å². The van der Waals surface area contributed by atoms with Crippen LogP contribution in [0.3, 0.4) is 0 Å². The summed E-state index contributed by atoms with van der Waals surface area (Å²) in [5.74, 6) is -2.13. The molecule has 0 bridgehead atoms. The van der Waals surface area contributed by atoms with Crippen LogP contribution >= 0.6 is 7.37 Å². The Morgan fingerprint density at radius 3 is 2.31 bits per heavy atom. The average molecular weight is 458 g/mol. The molecule has 2 amide bonds. The quantitative estimate of drug-likeness (QED) is 0.496. The summed E-state index contributed by atoms with van der Waals surface area (Å²) in [7, 11) is -4.00. The van der Waals surface area contributed by atoms with E-state index in [4.69, 9.17) is 0 Å². The number of nitrogens with one attached hydrogen (secondary N) is 1. The third-order valence-corrected chi connectivity index (χ3v) is 7.22. The molecule has 1 aliphatic rings. The van der Waals surface area contributed by atoms with Gasteiger partial charge in [0.25, 0.3) is 5.91 Å². The number of aliphatic carboxylic acids is 1. The van der Waals surface area contributed by atoms with Crippen molar-refractivity contribution in [1.82, 2.24) is 10.2 Å². The van der Waals surface area contributed by atoms with Gasteiger partial charge in [0.1, 0.15) is 12.2 Å². The SMILES string of the molecule is O=C(N[C@@H](Cc1ccccc1)CP(=O)(O)CC(=O)N1CCC[C@H]1C(=O)O)c1ccccc1. The van der Waals surface area contributed by atoms with Crippen LogP contribution in [0, 0.1) is 0 Å². The molecule has 1 saturated heterocycles. The predicted octanol–water partition coefficient (Wildman–Crippen LogP) is 2.37. The Morgan fingerprint density at radius 1 is 1.06 bits per heavy atom. The molecule has 2 aromatic rings. The fourth-order valence-corrected chi connectivity index (χ4v) is 5.59. The first-order chi connectivity index (χ1) is 15.2. The second-order valence-corrected chi connectivity index (χ2v) is 10.4. The summed E-state index contributed by atoms with van der Waals surface area (Å²) in [4.78, 5) is 48.4. The zero-order valence-corrected chi connectivity index (χ0v) is 18.5. The van der Waals surface area contributed by atoms with E-state index >= 15 is 0 Å². The normalized spacial score (nSPS) is 18.5. The maximum Gasteiger partial charge on any atom is 0.326 e. The van der Waals surface area contributed by atoms with Crippen LogP contribution in [-0.4, -0.2) is 63.6 Å². The van der Waals surface area contributed by atoms with Gasteiger partial charge in [-0.15, -0.1) is 0 Å². The molecule has 1 aliphatic heterocycles. The number of carbonyl (C=O) groups is 3. The molecule has 3 atom stereocenters. The Morgan fingerprint density at radius 2 is 1.69 bits per heavy atom. The molecule has 0 saturated carbocycles. The molecule has 0 aliphatic carbocycles. The lowest BCUT2D eigenvalue weighted by atomic mass is 10.1. The smallest absolute Gasteiger partial charge is 0.326 e. The largest absolute Gasteiger partial charge is 0.480 e. The van der Waals surface area contributed by atoms with Gasteiger partial charge in [-0.2, -0.15) is 0 Å². The Balaban J connectivity index is 1.72. The summed E-state index contributed by atoms with van der Waals surface area (Å²) in [6.07, 6.45) is 0.253. The number of likely N-dealkylation sites (tertiary alicyclic amines) is 1. The summed E-state index contributed by atoms with van der Waals surface area (Å²) in [5.41, 5.74) is 1.30. The first-order valence-electron chi connectivity index (χ1n) is 10.5. The molecule has 3 N–H and O–H groups in total. The van der Waals surface area contributed by atoms with E-state index in [-0.39, 0.29) is 18.6 Å². The van der Waals surface area contributed by atoms with Gasteiger partial charge in [-0.05, 0) is 37.0 Å². The van der Waals surface area contributed by atoms with Crippen molar-refractivity contribution in [2.24, 2.45) is 0 Å². The fourth-order valence-electron chi connectivity index (χ4n) is 3.95. The molecule has 8 nitrogen and oxygen atoms in total. The van der Waals surface area contributed by atoms with Crippen LogP contribution in [-0.2, 0) is 20.6 Å². The molecule has 0 radical (unpaired) electrons. The van der Waals surface area contributed by atoms with Gasteiger partial charge < -0.3 is 20.2 Å². The second kappa shape index (κ2) is 10.6. The van der Waals surface area contributed by atoms with Crippen LogP contribution < -0.4 is 5.32 Å². The Labute approximate surface area is 186 Å². The van der Waals surface area contributed by atoms with Crippen LogP contribution in [0.15, 0.2) is 60.7 Å². The molecule has 1 heterocycles. The van der Waals surface area contributed by atoms with Gasteiger partial charge in [0.05, 0.1) is 0 Å². The van der Waals surface area contributed by atoms with Gasteiger partial charge >= 0.3 is 5.97 Å².